The van der Waals surface area contributed by atoms with Crippen molar-refractivity contribution in [1.82, 2.24) is 0 Å². The van der Waals surface area contributed by atoms with Gasteiger partial charge >= 0.3 is 17.9 Å². The fourth-order valence-corrected chi connectivity index (χ4v) is 5.80. The van der Waals surface area contributed by atoms with Crippen LogP contribution in [0.15, 0.2) is 0 Å². The lowest BCUT2D eigenvalue weighted by Gasteiger charge is -2.28. The molecule has 1 aliphatic heterocycles. The van der Waals surface area contributed by atoms with Crippen molar-refractivity contribution in [3.8, 4) is 0 Å². The minimum Gasteiger partial charge on any atom is -0.465 e. The number of carbonyl (C=O) groups is 3. The maximum atomic E-state index is 12.3. The molecule has 0 aromatic carbocycles. The third-order valence-corrected chi connectivity index (χ3v) is 7.53. The molecule has 0 N–H and O–H groups in total. The Kier molecular flexibility index (Phi) is 4.51. The second-order valence-corrected chi connectivity index (χ2v) is 9.58. The third-order valence-electron chi connectivity index (χ3n) is 7.53. The van der Waals surface area contributed by atoms with Gasteiger partial charge in [-0.25, -0.2) is 0 Å². The molecule has 0 amide bonds. The van der Waals surface area contributed by atoms with E-state index in [1.54, 1.807) is 0 Å². The van der Waals surface area contributed by atoms with Gasteiger partial charge in [-0.3, -0.25) is 14.4 Å². The van der Waals surface area contributed by atoms with Gasteiger partial charge in [0.25, 0.3) is 0 Å². The Morgan fingerprint density at radius 1 is 1.26 bits per heavy atom. The second kappa shape index (κ2) is 6.49. The normalized spacial score (nSPS) is 38.6. The number of ether oxygens (including phenoxy) is 3. The standard InChI is InChI=1S/C21H30O6/c1-4-20(2,3)19(24)25-7-5-6-15(22)26-16-13-8-12-9-14-18(23)27-17(16)21(14,10-12)11-13/h12-14,16-17H,4-11H2,1-3H3. The first-order valence-electron chi connectivity index (χ1n) is 10.3. The summed E-state index contributed by atoms with van der Waals surface area (Å²) in [4.78, 5) is 36.5. The molecule has 0 aromatic heterocycles. The summed E-state index contributed by atoms with van der Waals surface area (Å²) in [6, 6.07) is 0. The predicted octanol–water partition coefficient (Wildman–Crippen LogP) is 3.02. The van der Waals surface area contributed by atoms with Crippen molar-refractivity contribution in [1.29, 1.82) is 0 Å². The van der Waals surface area contributed by atoms with Crippen LogP contribution in [0, 0.1) is 28.6 Å². The van der Waals surface area contributed by atoms with E-state index in [2.05, 4.69) is 0 Å². The van der Waals surface area contributed by atoms with E-state index < -0.39 is 5.41 Å². The third kappa shape index (κ3) is 2.95. The highest BCUT2D eigenvalue weighted by Gasteiger charge is 2.72. The Morgan fingerprint density at radius 2 is 2.04 bits per heavy atom. The average Bonchev–Trinajstić information content (AvgIpc) is 3.13. The molecule has 4 fully saturated rings. The summed E-state index contributed by atoms with van der Waals surface area (Å²) in [5.74, 6) is 0.303. The molecular weight excluding hydrogens is 348 g/mol. The van der Waals surface area contributed by atoms with Crippen LogP contribution in [0.25, 0.3) is 0 Å². The van der Waals surface area contributed by atoms with Crippen LogP contribution < -0.4 is 0 Å². The van der Waals surface area contributed by atoms with Gasteiger partial charge in [-0.05, 0) is 58.3 Å². The van der Waals surface area contributed by atoms with Gasteiger partial charge in [0.1, 0.15) is 12.2 Å². The zero-order valence-electron chi connectivity index (χ0n) is 16.5. The first kappa shape index (κ1) is 18.8. The van der Waals surface area contributed by atoms with E-state index >= 15 is 0 Å². The molecule has 6 unspecified atom stereocenters. The smallest absolute Gasteiger partial charge is 0.311 e. The van der Waals surface area contributed by atoms with Crippen LogP contribution >= 0.6 is 0 Å². The zero-order chi connectivity index (χ0) is 19.4. The van der Waals surface area contributed by atoms with Crippen LogP contribution in [0.2, 0.25) is 0 Å². The van der Waals surface area contributed by atoms with Gasteiger partial charge < -0.3 is 14.2 Å². The molecule has 1 saturated heterocycles. The SMILES string of the molecule is CCC(C)(C)C(=O)OCCCC(=O)OC1C2CC3CC4C(=O)OC1C4(C3)C2. The highest BCUT2D eigenvalue weighted by Crippen LogP contribution is 2.68. The zero-order valence-corrected chi connectivity index (χ0v) is 16.5. The van der Waals surface area contributed by atoms with Gasteiger partial charge in [-0.1, -0.05) is 6.92 Å². The topological polar surface area (TPSA) is 78.9 Å². The highest BCUT2D eigenvalue weighted by atomic mass is 16.6. The van der Waals surface area contributed by atoms with Crippen LogP contribution in [0.4, 0.5) is 0 Å². The number of fused-ring (bicyclic) bond motifs is 2. The molecular formula is C21H30O6. The molecule has 3 aliphatic carbocycles. The Balaban J connectivity index is 1.27. The number of hydrogen-bond donors (Lipinski definition) is 0. The van der Waals surface area contributed by atoms with Gasteiger partial charge in [0, 0.05) is 17.8 Å². The van der Waals surface area contributed by atoms with E-state index in [-0.39, 0.29) is 54.5 Å². The van der Waals surface area contributed by atoms with Crippen LogP contribution in [0.3, 0.4) is 0 Å². The quantitative estimate of drug-likeness (QED) is 0.385. The van der Waals surface area contributed by atoms with Gasteiger partial charge in [0.05, 0.1) is 17.9 Å². The molecule has 27 heavy (non-hydrogen) atoms. The van der Waals surface area contributed by atoms with Crippen molar-refractivity contribution in [2.45, 2.75) is 77.9 Å². The summed E-state index contributed by atoms with van der Waals surface area (Å²) < 4.78 is 16.7. The van der Waals surface area contributed by atoms with Gasteiger partial charge in [0.15, 0.2) is 0 Å². The lowest BCUT2D eigenvalue weighted by Crippen LogP contribution is -2.36. The van der Waals surface area contributed by atoms with Crippen molar-refractivity contribution in [3.05, 3.63) is 0 Å². The van der Waals surface area contributed by atoms with Gasteiger partial charge in [-0.2, -0.15) is 0 Å². The van der Waals surface area contributed by atoms with E-state index in [0.717, 1.165) is 25.7 Å². The minimum atomic E-state index is -0.497. The summed E-state index contributed by atoms with van der Waals surface area (Å²) in [7, 11) is 0. The first-order chi connectivity index (χ1) is 12.8. The van der Waals surface area contributed by atoms with Crippen molar-refractivity contribution in [2.75, 3.05) is 6.61 Å². The fourth-order valence-electron chi connectivity index (χ4n) is 5.80. The summed E-state index contributed by atoms with van der Waals surface area (Å²) in [5, 5.41) is 0. The van der Waals surface area contributed by atoms with E-state index in [4.69, 9.17) is 14.2 Å². The molecule has 3 bridgehead atoms. The maximum Gasteiger partial charge on any atom is 0.311 e. The molecule has 0 aromatic rings. The predicted molar refractivity (Wildman–Crippen MR) is 95.4 cm³/mol. The van der Waals surface area contributed by atoms with Crippen LogP contribution in [0.5, 0.6) is 0 Å². The first-order valence-corrected chi connectivity index (χ1v) is 10.3. The maximum absolute atomic E-state index is 12.3. The van der Waals surface area contributed by atoms with Crippen LogP contribution in [-0.2, 0) is 28.6 Å². The summed E-state index contributed by atoms with van der Waals surface area (Å²) in [6.45, 7) is 5.87. The van der Waals surface area contributed by atoms with Crippen LogP contribution in [-0.4, -0.2) is 36.7 Å². The Hall–Kier alpha value is -1.59. The molecule has 1 spiro atoms. The lowest BCUT2D eigenvalue weighted by atomic mass is 9.73. The average molecular weight is 378 g/mol. The summed E-state index contributed by atoms with van der Waals surface area (Å²) in [6.07, 6.45) is 4.80. The molecule has 6 nitrogen and oxygen atoms in total. The molecule has 1 heterocycles. The van der Waals surface area contributed by atoms with Crippen molar-refractivity contribution in [3.63, 3.8) is 0 Å². The van der Waals surface area contributed by atoms with Crippen LogP contribution in [0.1, 0.15) is 65.7 Å². The Morgan fingerprint density at radius 3 is 2.78 bits per heavy atom. The van der Waals surface area contributed by atoms with E-state index in [1.165, 1.54) is 0 Å². The molecule has 6 atom stereocenters. The molecule has 4 rings (SSSR count). The Bertz CT molecular complexity index is 655. The van der Waals surface area contributed by atoms with Crippen molar-refractivity contribution >= 4 is 17.9 Å². The number of rotatable bonds is 7. The monoisotopic (exact) mass is 378 g/mol. The van der Waals surface area contributed by atoms with Crippen molar-refractivity contribution < 1.29 is 28.6 Å². The Labute approximate surface area is 160 Å². The van der Waals surface area contributed by atoms with Gasteiger partial charge in [0.2, 0.25) is 0 Å². The summed E-state index contributed by atoms with van der Waals surface area (Å²) >= 11 is 0. The highest BCUT2D eigenvalue weighted by molar-refractivity contribution is 5.78. The lowest BCUT2D eigenvalue weighted by molar-refractivity contribution is -0.164. The fraction of sp³-hybridized carbons (Fsp3) is 0.857. The number of esters is 3. The molecule has 150 valence electrons. The molecule has 4 aliphatic rings. The molecule has 3 saturated carbocycles. The van der Waals surface area contributed by atoms with E-state index in [9.17, 15) is 14.4 Å². The van der Waals surface area contributed by atoms with E-state index in [1.807, 2.05) is 20.8 Å². The summed E-state index contributed by atoms with van der Waals surface area (Å²) in [5.41, 5.74) is -0.569. The minimum absolute atomic E-state index is 0.0162. The van der Waals surface area contributed by atoms with Gasteiger partial charge in [-0.15, -0.1) is 0 Å². The van der Waals surface area contributed by atoms with Crippen molar-refractivity contribution in [2.24, 2.45) is 28.6 Å². The van der Waals surface area contributed by atoms with E-state index in [0.29, 0.717) is 24.7 Å². The second-order valence-electron chi connectivity index (χ2n) is 9.58. The largest absolute Gasteiger partial charge is 0.465 e. The number of carbonyl (C=O) groups excluding carboxylic acids is 3. The molecule has 0 radical (unpaired) electrons. The number of hydrogen-bond acceptors (Lipinski definition) is 6. The molecule has 6 heteroatoms.